The number of hydrogen-bond donors (Lipinski definition) is 1. The molecule has 0 aromatic heterocycles. The van der Waals surface area contributed by atoms with Gasteiger partial charge in [-0.25, -0.2) is 0 Å². The van der Waals surface area contributed by atoms with Crippen molar-refractivity contribution in [1.82, 2.24) is 9.80 Å². The maximum absolute atomic E-state index is 12.5. The van der Waals surface area contributed by atoms with E-state index in [2.05, 4.69) is 21.2 Å². The molecule has 2 aromatic carbocycles. The van der Waals surface area contributed by atoms with Gasteiger partial charge in [-0.1, -0.05) is 18.2 Å². The van der Waals surface area contributed by atoms with Crippen LogP contribution in [0.15, 0.2) is 48.5 Å². The van der Waals surface area contributed by atoms with E-state index < -0.39 is 0 Å². The predicted octanol–water partition coefficient (Wildman–Crippen LogP) is 2.16. The van der Waals surface area contributed by atoms with Crippen LogP contribution in [0.3, 0.4) is 0 Å². The average Bonchev–Trinajstić information content (AvgIpc) is 2.73. The fraction of sp³-hybridized carbons (Fsp3) is 0.364. The van der Waals surface area contributed by atoms with E-state index in [9.17, 15) is 9.59 Å². The van der Waals surface area contributed by atoms with Crippen LogP contribution in [0.2, 0.25) is 0 Å². The molecule has 1 aliphatic rings. The van der Waals surface area contributed by atoms with E-state index in [4.69, 9.17) is 4.74 Å². The lowest BCUT2D eigenvalue weighted by atomic mass is 10.2. The van der Waals surface area contributed by atoms with Crippen molar-refractivity contribution in [2.45, 2.75) is 0 Å². The zero-order chi connectivity index (χ0) is 20.8. The second-order valence-electron chi connectivity index (χ2n) is 7.26. The number of carbonyl (C=O) groups is 2. The number of hydrogen-bond acceptors (Lipinski definition) is 5. The fourth-order valence-electron chi connectivity index (χ4n) is 3.43. The third-order valence-electron chi connectivity index (χ3n) is 4.96. The molecule has 1 heterocycles. The van der Waals surface area contributed by atoms with Crippen molar-refractivity contribution < 1.29 is 14.3 Å². The highest BCUT2D eigenvalue weighted by Gasteiger charge is 2.21. The van der Waals surface area contributed by atoms with Crippen LogP contribution in [0.5, 0.6) is 5.75 Å². The summed E-state index contributed by atoms with van der Waals surface area (Å²) in [5.74, 6) is 0.699. The molecule has 2 amide bonds. The van der Waals surface area contributed by atoms with Crippen molar-refractivity contribution in [1.29, 1.82) is 0 Å². The number of benzene rings is 2. The van der Waals surface area contributed by atoms with E-state index in [1.54, 1.807) is 45.5 Å². The Labute approximate surface area is 171 Å². The minimum Gasteiger partial charge on any atom is -0.495 e. The lowest BCUT2D eigenvalue weighted by Crippen LogP contribution is -2.48. The summed E-state index contributed by atoms with van der Waals surface area (Å²) in [5.41, 5.74) is 2.27. The number of nitrogens with zero attached hydrogens (tertiary/aromatic N) is 3. The van der Waals surface area contributed by atoms with Gasteiger partial charge >= 0.3 is 0 Å². The Morgan fingerprint density at radius 2 is 1.76 bits per heavy atom. The molecule has 2 aromatic rings. The van der Waals surface area contributed by atoms with E-state index >= 15 is 0 Å². The number of anilines is 2. The van der Waals surface area contributed by atoms with Crippen LogP contribution in [0.4, 0.5) is 11.4 Å². The summed E-state index contributed by atoms with van der Waals surface area (Å²) >= 11 is 0. The number of ether oxygens (including phenoxy) is 1. The van der Waals surface area contributed by atoms with E-state index in [-0.39, 0.29) is 11.8 Å². The summed E-state index contributed by atoms with van der Waals surface area (Å²) in [6, 6.07) is 15.0. The van der Waals surface area contributed by atoms with Crippen molar-refractivity contribution in [2.75, 3.05) is 64.1 Å². The maximum Gasteiger partial charge on any atom is 0.253 e. The van der Waals surface area contributed by atoms with Crippen LogP contribution in [-0.2, 0) is 4.79 Å². The van der Waals surface area contributed by atoms with E-state index in [0.29, 0.717) is 17.8 Å². The van der Waals surface area contributed by atoms with Crippen LogP contribution < -0.4 is 15.0 Å². The highest BCUT2D eigenvalue weighted by molar-refractivity contribution is 5.97. The van der Waals surface area contributed by atoms with Crippen LogP contribution in [0, 0.1) is 0 Å². The summed E-state index contributed by atoms with van der Waals surface area (Å²) in [4.78, 5) is 30.5. The molecular weight excluding hydrogens is 368 g/mol. The van der Waals surface area contributed by atoms with Gasteiger partial charge in [0.15, 0.2) is 0 Å². The Bertz CT molecular complexity index is 861. The highest BCUT2D eigenvalue weighted by Crippen LogP contribution is 2.28. The van der Waals surface area contributed by atoms with Crippen LogP contribution in [0.25, 0.3) is 0 Å². The summed E-state index contributed by atoms with van der Waals surface area (Å²) in [7, 11) is 5.09. The molecule has 154 valence electrons. The van der Waals surface area contributed by atoms with E-state index in [1.807, 2.05) is 18.2 Å². The van der Waals surface area contributed by atoms with Crippen LogP contribution in [0.1, 0.15) is 10.4 Å². The fourth-order valence-corrected chi connectivity index (χ4v) is 3.43. The third kappa shape index (κ3) is 5.26. The molecule has 1 fully saturated rings. The van der Waals surface area contributed by atoms with E-state index in [1.165, 1.54) is 4.90 Å². The monoisotopic (exact) mass is 396 g/mol. The van der Waals surface area contributed by atoms with Crippen molar-refractivity contribution in [3.05, 3.63) is 54.1 Å². The van der Waals surface area contributed by atoms with Gasteiger partial charge in [0, 0.05) is 51.5 Å². The van der Waals surface area contributed by atoms with Gasteiger partial charge in [0.2, 0.25) is 5.91 Å². The Kier molecular flexibility index (Phi) is 6.72. The summed E-state index contributed by atoms with van der Waals surface area (Å²) in [6.45, 7) is 3.59. The van der Waals surface area contributed by atoms with Crippen molar-refractivity contribution in [3.8, 4) is 5.75 Å². The minimum absolute atomic E-state index is 0.0785. The molecule has 0 saturated carbocycles. The van der Waals surface area contributed by atoms with Gasteiger partial charge in [0.1, 0.15) is 5.75 Å². The Hall–Kier alpha value is -3.06. The van der Waals surface area contributed by atoms with Gasteiger partial charge < -0.3 is 19.9 Å². The predicted molar refractivity (Wildman–Crippen MR) is 115 cm³/mol. The quantitative estimate of drug-likeness (QED) is 0.811. The number of para-hydroxylation sites is 2. The molecule has 1 N–H and O–H groups in total. The molecule has 0 atom stereocenters. The first-order chi connectivity index (χ1) is 14.0. The Morgan fingerprint density at radius 1 is 1.03 bits per heavy atom. The summed E-state index contributed by atoms with van der Waals surface area (Å²) in [6.07, 6.45) is 0. The highest BCUT2D eigenvalue weighted by atomic mass is 16.5. The van der Waals surface area contributed by atoms with Gasteiger partial charge in [-0.3, -0.25) is 14.5 Å². The summed E-state index contributed by atoms with van der Waals surface area (Å²) in [5, 5.41) is 2.90. The third-order valence-corrected chi connectivity index (χ3v) is 4.96. The first kappa shape index (κ1) is 20.7. The first-order valence-electron chi connectivity index (χ1n) is 9.70. The zero-order valence-corrected chi connectivity index (χ0v) is 17.2. The number of methoxy groups -OCH3 is 1. The van der Waals surface area contributed by atoms with Crippen LogP contribution >= 0.6 is 0 Å². The molecule has 3 rings (SSSR count). The Morgan fingerprint density at radius 3 is 2.45 bits per heavy atom. The average molecular weight is 396 g/mol. The molecule has 0 radical (unpaired) electrons. The molecule has 0 bridgehead atoms. The number of piperazine rings is 1. The molecule has 29 heavy (non-hydrogen) atoms. The molecule has 0 unspecified atom stereocenters. The van der Waals surface area contributed by atoms with Crippen LogP contribution in [-0.4, -0.2) is 75.5 Å². The van der Waals surface area contributed by atoms with Gasteiger partial charge in [-0.2, -0.15) is 0 Å². The largest absolute Gasteiger partial charge is 0.495 e. The molecule has 0 spiro atoms. The van der Waals surface area contributed by atoms with Crippen molar-refractivity contribution >= 4 is 23.2 Å². The number of nitrogens with one attached hydrogen (secondary N) is 1. The maximum atomic E-state index is 12.5. The number of amides is 2. The van der Waals surface area contributed by atoms with Gasteiger partial charge in [0.05, 0.1) is 19.3 Å². The first-order valence-corrected chi connectivity index (χ1v) is 9.70. The Balaban J connectivity index is 1.53. The second kappa shape index (κ2) is 9.43. The molecule has 1 aliphatic heterocycles. The van der Waals surface area contributed by atoms with Gasteiger partial charge in [0.25, 0.3) is 5.91 Å². The topological polar surface area (TPSA) is 65.1 Å². The molecular formula is C22H28N4O3. The SMILES string of the molecule is COc1ccccc1N1CCN(CC(=O)Nc2cccc(C(=O)N(C)C)c2)CC1. The summed E-state index contributed by atoms with van der Waals surface area (Å²) < 4.78 is 5.45. The van der Waals surface area contributed by atoms with Gasteiger partial charge in [-0.15, -0.1) is 0 Å². The second-order valence-corrected chi connectivity index (χ2v) is 7.26. The normalized spacial score (nSPS) is 14.4. The van der Waals surface area contributed by atoms with Gasteiger partial charge in [-0.05, 0) is 30.3 Å². The smallest absolute Gasteiger partial charge is 0.253 e. The zero-order valence-electron chi connectivity index (χ0n) is 17.2. The van der Waals surface area contributed by atoms with Crippen molar-refractivity contribution in [3.63, 3.8) is 0 Å². The van der Waals surface area contributed by atoms with Crippen molar-refractivity contribution in [2.24, 2.45) is 0 Å². The number of carbonyl (C=O) groups excluding carboxylic acids is 2. The lowest BCUT2D eigenvalue weighted by Gasteiger charge is -2.36. The molecule has 7 nitrogen and oxygen atoms in total. The standard InChI is InChI=1S/C22H28N4O3/c1-24(2)22(28)17-7-6-8-18(15-17)23-21(27)16-25-11-13-26(14-12-25)19-9-4-5-10-20(19)29-3/h4-10,15H,11-14,16H2,1-3H3,(H,23,27). The minimum atomic E-state index is -0.0893. The van der Waals surface area contributed by atoms with E-state index in [0.717, 1.165) is 37.6 Å². The number of rotatable bonds is 6. The molecule has 0 aliphatic carbocycles. The molecule has 1 saturated heterocycles. The molecule has 7 heteroatoms. The lowest BCUT2D eigenvalue weighted by molar-refractivity contribution is -0.117.